The first-order valence-electron chi connectivity index (χ1n) is 5.64. The molecule has 0 amide bonds. The van der Waals surface area contributed by atoms with Crippen molar-refractivity contribution < 1.29 is 9.53 Å². The van der Waals surface area contributed by atoms with Gasteiger partial charge in [0.15, 0.2) is 0 Å². The first-order chi connectivity index (χ1) is 7.63. The maximum Gasteiger partial charge on any atom is 0.134 e. The van der Waals surface area contributed by atoms with Crippen LogP contribution in [0.3, 0.4) is 0 Å². The minimum absolute atomic E-state index is 0.179. The van der Waals surface area contributed by atoms with Crippen molar-refractivity contribution in [2.75, 3.05) is 0 Å². The van der Waals surface area contributed by atoms with Gasteiger partial charge in [-0.1, -0.05) is 12.1 Å². The van der Waals surface area contributed by atoms with Gasteiger partial charge in [0.05, 0.1) is 0 Å². The Balaban J connectivity index is 1.89. The molecule has 2 N–H and O–H groups in total. The predicted octanol–water partition coefficient (Wildman–Crippen LogP) is 1.69. The van der Waals surface area contributed by atoms with Crippen LogP contribution in [0.25, 0.3) is 0 Å². The Morgan fingerprint density at radius 1 is 1.38 bits per heavy atom. The van der Waals surface area contributed by atoms with Gasteiger partial charge in [0.1, 0.15) is 17.6 Å². The molecule has 0 spiro atoms. The molecule has 0 atom stereocenters. The van der Waals surface area contributed by atoms with Crippen LogP contribution >= 0.6 is 0 Å². The second-order valence-electron chi connectivity index (χ2n) is 4.49. The third-order valence-corrected chi connectivity index (χ3v) is 2.81. The summed E-state index contributed by atoms with van der Waals surface area (Å²) in [4.78, 5) is 10.9. The molecule has 0 bridgehead atoms. The van der Waals surface area contributed by atoms with Crippen LogP contribution in [0.2, 0.25) is 0 Å². The Bertz CT molecular complexity index is 366. The first-order valence-corrected chi connectivity index (χ1v) is 5.64. The molecule has 1 aliphatic rings. The highest BCUT2D eigenvalue weighted by Gasteiger charge is 2.27. The quantitative estimate of drug-likeness (QED) is 0.838. The number of hydrogen-bond donors (Lipinski definition) is 1. The molecule has 16 heavy (non-hydrogen) atoms. The van der Waals surface area contributed by atoms with Crippen LogP contribution in [0.1, 0.15) is 25.3 Å². The van der Waals surface area contributed by atoms with Crippen molar-refractivity contribution in [1.29, 1.82) is 0 Å². The van der Waals surface area contributed by atoms with Gasteiger partial charge in [-0.3, -0.25) is 4.79 Å². The lowest BCUT2D eigenvalue weighted by Crippen LogP contribution is -2.43. The summed E-state index contributed by atoms with van der Waals surface area (Å²) in [6.45, 7) is 1.60. The van der Waals surface area contributed by atoms with E-state index < -0.39 is 0 Å². The lowest BCUT2D eigenvalue weighted by atomic mass is 9.90. The maximum atomic E-state index is 10.9. The number of hydrogen-bond acceptors (Lipinski definition) is 3. The van der Waals surface area contributed by atoms with E-state index in [2.05, 4.69) is 0 Å². The minimum Gasteiger partial charge on any atom is -0.490 e. The zero-order chi connectivity index (χ0) is 11.5. The van der Waals surface area contributed by atoms with Crippen LogP contribution in [-0.4, -0.2) is 17.9 Å². The van der Waals surface area contributed by atoms with Crippen molar-refractivity contribution in [1.82, 2.24) is 0 Å². The van der Waals surface area contributed by atoms with Gasteiger partial charge in [0.25, 0.3) is 0 Å². The molecule has 1 saturated carbocycles. The fourth-order valence-corrected chi connectivity index (χ4v) is 1.87. The highest BCUT2D eigenvalue weighted by atomic mass is 16.5. The van der Waals surface area contributed by atoms with Crippen molar-refractivity contribution >= 4 is 5.78 Å². The SMILES string of the molecule is CC(=O)Cc1ccc(OC2CC(N)C2)cc1. The van der Waals surface area contributed by atoms with E-state index in [-0.39, 0.29) is 11.9 Å². The van der Waals surface area contributed by atoms with E-state index in [0.717, 1.165) is 24.2 Å². The van der Waals surface area contributed by atoms with Gasteiger partial charge in [-0.25, -0.2) is 0 Å². The highest BCUT2D eigenvalue weighted by Crippen LogP contribution is 2.24. The summed E-state index contributed by atoms with van der Waals surface area (Å²) in [6, 6.07) is 8.02. The zero-order valence-corrected chi connectivity index (χ0v) is 9.48. The maximum absolute atomic E-state index is 10.9. The average molecular weight is 219 g/mol. The lowest BCUT2D eigenvalue weighted by molar-refractivity contribution is -0.116. The summed E-state index contributed by atoms with van der Waals surface area (Å²) in [7, 11) is 0. The summed E-state index contributed by atoms with van der Waals surface area (Å²) in [5.41, 5.74) is 6.72. The Hall–Kier alpha value is -1.35. The van der Waals surface area contributed by atoms with Crippen LogP contribution in [0.5, 0.6) is 5.75 Å². The number of benzene rings is 1. The minimum atomic E-state index is 0.179. The number of nitrogens with two attached hydrogens (primary N) is 1. The van der Waals surface area contributed by atoms with Crippen LogP contribution < -0.4 is 10.5 Å². The first kappa shape index (κ1) is 11.1. The Labute approximate surface area is 95.6 Å². The van der Waals surface area contributed by atoms with E-state index in [0.29, 0.717) is 12.5 Å². The molecule has 1 aliphatic carbocycles. The topological polar surface area (TPSA) is 52.3 Å². The van der Waals surface area contributed by atoms with Crippen LogP contribution in [0.15, 0.2) is 24.3 Å². The van der Waals surface area contributed by atoms with Crippen LogP contribution in [-0.2, 0) is 11.2 Å². The second-order valence-corrected chi connectivity index (χ2v) is 4.49. The fourth-order valence-electron chi connectivity index (χ4n) is 1.87. The number of ketones is 1. The van der Waals surface area contributed by atoms with Crippen molar-refractivity contribution in [3.05, 3.63) is 29.8 Å². The molecule has 1 fully saturated rings. The summed E-state index contributed by atoms with van der Waals surface area (Å²) >= 11 is 0. The number of carbonyl (C=O) groups excluding carboxylic acids is 1. The Morgan fingerprint density at radius 2 is 2.00 bits per heavy atom. The largest absolute Gasteiger partial charge is 0.490 e. The van der Waals surface area contributed by atoms with E-state index in [9.17, 15) is 4.79 Å². The van der Waals surface area contributed by atoms with Gasteiger partial charge in [-0.2, -0.15) is 0 Å². The molecule has 1 aromatic rings. The van der Waals surface area contributed by atoms with Crippen LogP contribution in [0, 0.1) is 0 Å². The molecular formula is C13H17NO2. The highest BCUT2D eigenvalue weighted by molar-refractivity contribution is 5.78. The monoisotopic (exact) mass is 219 g/mol. The summed E-state index contributed by atoms with van der Waals surface area (Å²) in [6.07, 6.45) is 2.65. The lowest BCUT2D eigenvalue weighted by Gasteiger charge is -2.32. The standard InChI is InChI=1S/C13H17NO2/c1-9(15)6-10-2-4-12(5-3-10)16-13-7-11(14)8-13/h2-5,11,13H,6-8,14H2,1H3. The summed E-state index contributed by atoms with van der Waals surface area (Å²) < 4.78 is 5.72. The number of Topliss-reactive ketones (excluding diaryl/α,β-unsaturated/α-hetero) is 1. The zero-order valence-electron chi connectivity index (χ0n) is 9.48. The van der Waals surface area contributed by atoms with Gasteiger partial charge >= 0.3 is 0 Å². The number of rotatable bonds is 4. The summed E-state index contributed by atoms with van der Waals surface area (Å²) in [5, 5.41) is 0. The van der Waals surface area contributed by atoms with Gasteiger partial charge < -0.3 is 10.5 Å². The molecule has 0 aromatic heterocycles. The molecule has 0 aliphatic heterocycles. The van der Waals surface area contributed by atoms with Crippen molar-refractivity contribution in [3.8, 4) is 5.75 Å². The van der Waals surface area contributed by atoms with E-state index in [4.69, 9.17) is 10.5 Å². The van der Waals surface area contributed by atoms with Crippen LogP contribution in [0.4, 0.5) is 0 Å². The van der Waals surface area contributed by atoms with Gasteiger partial charge in [0, 0.05) is 12.5 Å². The van der Waals surface area contributed by atoms with Gasteiger partial charge in [-0.15, -0.1) is 0 Å². The van der Waals surface area contributed by atoms with E-state index in [1.807, 2.05) is 24.3 Å². The third-order valence-electron chi connectivity index (χ3n) is 2.81. The molecule has 0 unspecified atom stereocenters. The van der Waals surface area contributed by atoms with Crippen molar-refractivity contribution in [2.45, 2.75) is 38.3 Å². The molecule has 3 nitrogen and oxygen atoms in total. The molecule has 0 radical (unpaired) electrons. The molecule has 0 heterocycles. The van der Waals surface area contributed by atoms with Crippen molar-refractivity contribution in [3.63, 3.8) is 0 Å². The Morgan fingerprint density at radius 3 is 2.50 bits per heavy atom. The van der Waals surface area contributed by atoms with E-state index in [1.54, 1.807) is 6.92 Å². The third kappa shape index (κ3) is 2.83. The van der Waals surface area contributed by atoms with Crippen molar-refractivity contribution in [2.24, 2.45) is 5.73 Å². The second kappa shape index (κ2) is 4.66. The molecule has 0 saturated heterocycles. The molecule has 3 heteroatoms. The molecule has 2 rings (SSSR count). The van der Waals surface area contributed by atoms with E-state index >= 15 is 0 Å². The van der Waals surface area contributed by atoms with Gasteiger partial charge in [0.2, 0.25) is 0 Å². The number of ether oxygens (including phenoxy) is 1. The molecule has 1 aromatic carbocycles. The fraction of sp³-hybridized carbons (Fsp3) is 0.462. The number of carbonyl (C=O) groups is 1. The Kier molecular flexibility index (Phi) is 3.25. The molecule has 86 valence electrons. The van der Waals surface area contributed by atoms with E-state index in [1.165, 1.54) is 0 Å². The average Bonchev–Trinajstić information content (AvgIpc) is 2.18. The predicted molar refractivity (Wildman–Crippen MR) is 62.5 cm³/mol. The summed E-state index contributed by atoms with van der Waals surface area (Å²) in [5.74, 6) is 1.04. The smallest absolute Gasteiger partial charge is 0.134 e. The normalized spacial score (nSPS) is 23.6. The van der Waals surface area contributed by atoms with Gasteiger partial charge in [-0.05, 0) is 37.5 Å². The molecular weight excluding hydrogens is 202 g/mol.